The van der Waals surface area contributed by atoms with Gasteiger partial charge in [0.05, 0.1) is 41.6 Å². The Hall–Kier alpha value is -1.90. The quantitative estimate of drug-likeness (QED) is 0.593. The summed E-state index contributed by atoms with van der Waals surface area (Å²) in [5.74, 6) is 0.750. The third-order valence-electron chi connectivity index (χ3n) is 5.15. The van der Waals surface area contributed by atoms with Gasteiger partial charge in [-0.2, -0.15) is 5.10 Å². The fourth-order valence-electron chi connectivity index (χ4n) is 3.57. The Balaban J connectivity index is 1.72. The van der Waals surface area contributed by atoms with Crippen LogP contribution in [0, 0.1) is 0 Å². The Labute approximate surface area is 179 Å². The van der Waals surface area contributed by atoms with Gasteiger partial charge in [0.15, 0.2) is 0 Å². The third-order valence-corrected chi connectivity index (χ3v) is 5.95. The molecule has 0 atom stereocenters. The minimum absolute atomic E-state index is 0.0349. The largest absolute Gasteiger partial charge is 0.395 e. The summed E-state index contributed by atoms with van der Waals surface area (Å²) in [6.45, 7) is 5.47. The highest BCUT2D eigenvalue weighted by Gasteiger charge is 2.18. The van der Waals surface area contributed by atoms with E-state index in [0.717, 1.165) is 61.7 Å². The lowest BCUT2D eigenvalue weighted by molar-refractivity contribution is 0.0391. The number of aromatic amines is 1. The average Bonchev–Trinajstić information content (AvgIpc) is 3.29. The van der Waals surface area contributed by atoms with E-state index in [9.17, 15) is 5.11 Å². The number of nitrogens with one attached hydrogen (secondary N) is 1. The van der Waals surface area contributed by atoms with E-state index in [1.165, 1.54) is 0 Å². The Kier molecular flexibility index (Phi) is 6.52. The Bertz CT molecular complexity index is 961. The topological polar surface area (TPSA) is 77.5 Å². The van der Waals surface area contributed by atoms with Crippen LogP contribution < -0.4 is 4.90 Å². The number of halogens is 2. The van der Waals surface area contributed by atoms with Crippen molar-refractivity contribution in [1.29, 1.82) is 0 Å². The standard InChI is InChI=1S/C20H23Cl2N5O2/c21-17-2-1-15-16(14-12-23-24-13-14)11-18(25-20(15)19(17)22)27(5-8-28)4-3-26-6-9-29-10-7-26/h1-2,11-13,28H,3-10H2,(H,23,24). The first-order valence-corrected chi connectivity index (χ1v) is 10.4. The zero-order valence-corrected chi connectivity index (χ0v) is 17.5. The average molecular weight is 436 g/mol. The molecule has 0 spiro atoms. The predicted molar refractivity (Wildman–Crippen MR) is 116 cm³/mol. The van der Waals surface area contributed by atoms with Gasteiger partial charge in [0.2, 0.25) is 0 Å². The molecule has 9 heteroatoms. The number of aliphatic hydroxyl groups is 1. The summed E-state index contributed by atoms with van der Waals surface area (Å²) in [7, 11) is 0. The summed E-state index contributed by atoms with van der Waals surface area (Å²) in [5.41, 5.74) is 2.54. The number of anilines is 1. The van der Waals surface area contributed by atoms with Crippen molar-refractivity contribution in [3.63, 3.8) is 0 Å². The number of ether oxygens (including phenoxy) is 1. The lowest BCUT2D eigenvalue weighted by Crippen LogP contribution is -2.42. The molecule has 7 nitrogen and oxygen atoms in total. The van der Waals surface area contributed by atoms with E-state index in [0.29, 0.717) is 22.1 Å². The molecular weight excluding hydrogens is 413 g/mol. The molecule has 4 rings (SSSR count). The van der Waals surface area contributed by atoms with Crippen molar-refractivity contribution < 1.29 is 9.84 Å². The maximum absolute atomic E-state index is 9.63. The van der Waals surface area contributed by atoms with Gasteiger partial charge in [0.25, 0.3) is 0 Å². The molecule has 0 bridgehead atoms. The van der Waals surface area contributed by atoms with Crippen LogP contribution in [0.4, 0.5) is 5.82 Å². The van der Waals surface area contributed by atoms with Crippen LogP contribution in [0.25, 0.3) is 22.0 Å². The van der Waals surface area contributed by atoms with Crippen molar-refractivity contribution in [1.82, 2.24) is 20.1 Å². The summed E-state index contributed by atoms with van der Waals surface area (Å²) in [6, 6.07) is 5.72. The van der Waals surface area contributed by atoms with Gasteiger partial charge in [-0.15, -0.1) is 0 Å². The molecule has 1 aliphatic heterocycles. The number of H-pyrrole nitrogens is 1. The molecule has 3 heterocycles. The van der Waals surface area contributed by atoms with Crippen molar-refractivity contribution >= 4 is 39.9 Å². The number of benzene rings is 1. The molecule has 29 heavy (non-hydrogen) atoms. The highest BCUT2D eigenvalue weighted by Crippen LogP contribution is 2.37. The number of hydrogen-bond acceptors (Lipinski definition) is 6. The lowest BCUT2D eigenvalue weighted by atomic mass is 10.0. The fraction of sp³-hybridized carbons (Fsp3) is 0.400. The molecule has 154 valence electrons. The first-order valence-electron chi connectivity index (χ1n) is 9.61. The normalized spacial score (nSPS) is 15.1. The van der Waals surface area contributed by atoms with Gasteiger partial charge in [0.1, 0.15) is 5.82 Å². The molecule has 1 aromatic carbocycles. The summed E-state index contributed by atoms with van der Waals surface area (Å²) in [5, 5.41) is 18.4. The van der Waals surface area contributed by atoms with E-state index < -0.39 is 0 Å². The summed E-state index contributed by atoms with van der Waals surface area (Å²) >= 11 is 12.8. The van der Waals surface area contributed by atoms with E-state index in [1.807, 2.05) is 18.3 Å². The van der Waals surface area contributed by atoms with Crippen LogP contribution in [0.1, 0.15) is 0 Å². The molecule has 0 radical (unpaired) electrons. The molecule has 1 fully saturated rings. The summed E-state index contributed by atoms with van der Waals surface area (Å²) in [4.78, 5) is 9.25. The van der Waals surface area contributed by atoms with Crippen molar-refractivity contribution in [2.45, 2.75) is 0 Å². The first kappa shape index (κ1) is 20.4. The monoisotopic (exact) mass is 435 g/mol. The minimum Gasteiger partial charge on any atom is -0.395 e. The maximum Gasteiger partial charge on any atom is 0.130 e. The predicted octanol–water partition coefficient (Wildman–Crippen LogP) is 3.06. The van der Waals surface area contributed by atoms with Crippen LogP contribution in [-0.2, 0) is 4.74 Å². The molecule has 2 N–H and O–H groups in total. The zero-order valence-electron chi connectivity index (χ0n) is 15.9. The van der Waals surface area contributed by atoms with Crippen molar-refractivity contribution in [3.8, 4) is 11.1 Å². The number of aromatic nitrogens is 3. The smallest absolute Gasteiger partial charge is 0.130 e. The highest BCUT2D eigenvalue weighted by atomic mass is 35.5. The van der Waals surface area contributed by atoms with Crippen molar-refractivity contribution in [2.75, 3.05) is 57.4 Å². The number of rotatable bonds is 7. The fourth-order valence-corrected chi connectivity index (χ4v) is 3.93. The van der Waals surface area contributed by atoms with E-state index in [-0.39, 0.29) is 6.61 Å². The molecule has 2 aromatic heterocycles. The van der Waals surface area contributed by atoms with Crippen LogP contribution in [0.15, 0.2) is 30.6 Å². The SMILES string of the molecule is OCCN(CCN1CCOCC1)c1cc(-c2cn[nH]c2)c2ccc(Cl)c(Cl)c2n1. The highest BCUT2D eigenvalue weighted by molar-refractivity contribution is 6.45. The van der Waals surface area contributed by atoms with Crippen molar-refractivity contribution in [2.24, 2.45) is 0 Å². The van der Waals surface area contributed by atoms with Gasteiger partial charge in [-0.3, -0.25) is 10.00 Å². The van der Waals surface area contributed by atoms with Gasteiger partial charge in [-0.05, 0) is 17.7 Å². The number of morpholine rings is 1. The van der Waals surface area contributed by atoms with Gasteiger partial charge < -0.3 is 14.7 Å². The van der Waals surface area contributed by atoms with E-state index in [1.54, 1.807) is 12.3 Å². The third kappa shape index (κ3) is 4.49. The number of pyridine rings is 1. The molecule has 1 saturated heterocycles. The van der Waals surface area contributed by atoms with E-state index in [2.05, 4.69) is 20.0 Å². The first-order chi connectivity index (χ1) is 14.2. The van der Waals surface area contributed by atoms with Gasteiger partial charge in [0, 0.05) is 49.9 Å². The Morgan fingerprint density at radius 2 is 2.03 bits per heavy atom. The van der Waals surface area contributed by atoms with Crippen LogP contribution in [0.5, 0.6) is 0 Å². The van der Waals surface area contributed by atoms with Crippen LogP contribution in [0.2, 0.25) is 10.0 Å². The number of hydrogen-bond donors (Lipinski definition) is 2. The molecule has 0 unspecified atom stereocenters. The van der Waals surface area contributed by atoms with Crippen LogP contribution in [0.3, 0.4) is 0 Å². The summed E-state index contributed by atoms with van der Waals surface area (Å²) in [6.07, 6.45) is 3.61. The molecule has 0 saturated carbocycles. The van der Waals surface area contributed by atoms with Gasteiger partial charge in [-0.1, -0.05) is 29.3 Å². The lowest BCUT2D eigenvalue weighted by Gasteiger charge is -2.30. The van der Waals surface area contributed by atoms with Crippen molar-refractivity contribution in [3.05, 3.63) is 40.6 Å². The Morgan fingerprint density at radius 3 is 2.76 bits per heavy atom. The number of nitrogens with zero attached hydrogens (tertiary/aromatic N) is 4. The number of fused-ring (bicyclic) bond motifs is 1. The van der Waals surface area contributed by atoms with Crippen LogP contribution in [-0.4, -0.2) is 77.7 Å². The second kappa shape index (κ2) is 9.28. The molecular formula is C20H23Cl2N5O2. The Morgan fingerprint density at radius 1 is 1.21 bits per heavy atom. The maximum atomic E-state index is 9.63. The van der Waals surface area contributed by atoms with Crippen LogP contribution >= 0.6 is 23.2 Å². The van der Waals surface area contributed by atoms with Gasteiger partial charge >= 0.3 is 0 Å². The zero-order chi connectivity index (χ0) is 20.2. The minimum atomic E-state index is 0.0349. The number of aliphatic hydroxyl groups excluding tert-OH is 1. The second-order valence-corrected chi connectivity index (χ2v) is 7.72. The molecule has 3 aromatic rings. The summed E-state index contributed by atoms with van der Waals surface area (Å²) < 4.78 is 5.42. The van der Waals surface area contributed by atoms with E-state index >= 15 is 0 Å². The molecule has 0 amide bonds. The molecule has 1 aliphatic rings. The van der Waals surface area contributed by atoms with E-state index in [4.69, 9.17) is 32.9 Å². The molecule has 0 aliphatic carbocycles. The van der Waals surface area contributed by atoms with Gasteiger partial charge in [-0.25, -0.2) is 4.98 Å². The second-order valence-electron chi connectivity index (χ2n) is 6.94.